The van der Waals surface area contributed by atoms with Crippen LogP contribution in [0.3, 0.4) is 0 Å². The summed E-state index contributed by atoms with van der Waals surface area (Å²) in [4.78, 5) is 12.8. The maximum absolute atomic E-state index is 12.8. The second-order valence-corrected chi connectivity index (χ2v) is 7.27. The molecule has 0 radical (unpaired) electrons. The zero-order chi connectivity index (χ0) is 14.6. The molecular formula is C17H30O3. The van der Waals surface area contributed by atoms with Gasteiger partial charge in [0.1, 0.15) is 5.60 Å². The average molecular weight is 282 g/mol. The van der Waals surface area contributed by atoms with Crippen molar-refractivity contribution in [1.82, 2.24) is 0 Å². The summed E-state index contributed by atoms with van der Waals surface area (Å²) in [7, 11) is 0. The highest BCUT2D eigenvalue weighted by Crippen LogP contribution is 2.43. The van der Waals surface area contributed by atoms with Gasteiger partial charge in [0.2, 0.25) is 0 Å². The molecule has 0 atom stereocenters. The quantitative estimate of drug-likeness (QED) is 0.770. The fourth-order valence-electron chi connectivity index (χ4n) is 3.51. The van der Waals surface area contributed by atoms with Crippen LogP contribution in [0, 0.1) is 11.3 Å². The van der Waals surface area contributed by atoms with E-state index in [2.05, 4.69) is 13.8 Å². The molecule has 20 heavy (non-hydrogen) atoms. The predicted molar refractivity (Wildman–Crippen MR) is 79.8 cm³/mol. The predicted octanol–water partition coefficient (Wildman–Crippen LogP) is 3.75. The van der Waals surface area contributed by atoms with E-state index in [4.69, 9.17) is 9.47 Å². The fourth-order valence-corrected chi connectivity index (χ4v) is 3.51. The van der Waals surface area contributed by atoms with Crippen molar-refractivity contribution in [3.05, 3.63) is 0 Å². The van der Waals surface area contributed by atoms with Crippen LogP contribution in [-0.4, -0.2) is 31.2 Å². The van der Waals surface area contributed by atoms with Gasteiger partial charge in [-0.05, 0) is 56.8 Å². The minimum atomic E-state index is -0.484. The molecule has 3 heteroatoms. The van der Waals surface area contributed by atoms with Crippen LogP contribution in [0.5, 0.6) is 0 Å². The smallest absolute Gasteiger partial charge is 0.164 e. The molecule has 1 aliphatic heterocycles. The second kappa shape index (κ2) is 6.57. The van der Waals surface area contributed by atoms with Crippen molar-refractivity contribution in [2.45, 2.75) is 71.3 Å². The Labute approximate surface area is 123 Å². The number of rotatable bonds is 5. The number of ether oxygens (including phenoxy) is 2. The van der Waals surface area contributed by atoms with Crippen LogP contribution in [0.15, 0.2) is 0 Å². The maximum atomic E-state index is 12.8. The van der Waals surface area contributed by atoms with Crippen molar-refractivity contribution in [3.8, 4) is 0 Å². The molecule has 0 aromatic rings. The Balaban J connectivity index is 1.98. The Morgan fingerprint density at radius 2 is 1.75 bits per heavy atom. The first kappa shape index (κ1) is 16.0. The number of ketones is 1. The van der Waals surface area contributed by atoms with Crippen LogP contribution >= 0.6 is 0 Å². The van der Waals surface area contributed by atoms with E-state index >= 15 is 0 Å². The minimum absolute atomic E-state index is 0.349. The van der Waals surface area contributed by atoms with E-state index in [0.29, 0.717) is 30.1 Å². The van der Waals surface area contributed by atoms with Gasteiger partial charge < -0.3 is 9.47 Å². The summed E-state index contributed by atoms with van der Waals surface area (Å²) in [6, 6.07) is 0. The number of hydrogen-bond donors (Lipinski definition) is 0. The van der Waals surface area contributed by atoms with Gasteiger partial charge in [0.05, 0.1) is 0 Å². The summed E-state index contributed by atoms with van der Waals surface area (Å²) in [6.07, 6.45) is 6.72. The van der Waals surface area contributed by atoms with Crippen LogP contribution in [0.2, 0.25) is 0 Å². The normalized spacial score (nSPS) is 26.4. The zero-order valence-corrected chi connectivity index (χ0v) is 13.4. The standard InChI is InChI=1S/C17H30O3/c1-4-20-17(9-7-16(2,3)8-10-17)15(18)13-14-5-11-19-12-6-14/h14H,4-13H2,1-3H3. The molecule has 1 saturated heterocycles. The van der Waals surface area contributed by atoms with Gasteiger partial charge in [0.15, 0.2) is 5.78 Å². The molecule has 0 unspecified atom stereocenters. The van der Waals surface area contributed by atoms with Crippen LogP contribution in [0.1, 0.15) is 65.7 Å². The van der Waals surface area contributed by atoms with Gasteiger partial charge >= 0.3 is 0 Å². The van der Waals surface area contributed by atoms with Gasteiger partial charge in [-0.1, -0.05) is 13.8 Å². The largest absolute Gasteiger partial charge is 0.381 e. The van der Waals surface area contributed by atoms with E-state index in [1.807, 2.05) is 6.92 Å². The first-order valence-corrected chi connectivity index (χ1v) is 8.22. The van der Waals surface area contributed by atoms with Crippen LogP contribution in [0.25, 0.3) is 0 Å². The van der Waals surface area contributed by atoms with Crippen molar-refractivity contribution < 1.29 is 14.3 Å². The number of hydrogen-bond acceptors (Lipinski definition) is 3. The monoisotopic (exact) mass is 282 g/mol. The molecule has 0 aromatic heterocycles. The van der Waals surface area contributed by atoms with E-state index in [-0.39, 0.29) is 0 Å². The third-order valence-corrected chi connectivity index (χ3v) is 5.15. The summed E-state index contributed by atoms with van der Waals surface area (Å²) in [5, 5.41) is 0. The topological polar surface area (TPSA) is 35.5 Å². The Bertz CT molecular complexity index is 319. The van der Waals surface area contributed by atoms with E-state index in [1.54, 1.807) is 0 Å². The third-order valence-electron chi connectivity index (χ3n) is 5.15. The zero-order valence-electron chi connectivity index (χ0n) is 13.4. The van der Waals surface area contributed by atoms with Crippen molar-refractivity contribution >= 4 is 5.78 Å². The highest BCUT2D eigenvalue weighted by Gasteiger charge is 2.44. The average Bonchev–Trinajstić information content (AvgIpc) is 2.43. The molecule has 3 nitrogen and oxygen atoms in total. The molecule has 1 saturated carbocycles. The SMILES string of the molecule is CCOC1(C(=O)CC2CCOCC2)CCC(C)(C)CC1. The van der Waals surface area contributed by atoms with Gasteiger partial charge in [-0.3, -0.25) is 4.79 Å². The Morgan fingerprint density at radius 3 is 2.30 bits per heavy atom. The highest BCUT2D eigenvalue weighted by molar-refractivity contribution is 5.87. The lowest BCUT2D eigenvalue weighted by Gasteiger charge is -2.42. The number of carbonyl (C=O) groups excluding carboxylic acids is 1. The molecule has 1 aliphatic carbocycles. The lowest BCUT2D eigenvalue weighted by molar-refractivity contribution is -0.153. The molecular weight excluding hydrogens is 252 g/mol. The van der Waals surface area contributed by atoms with Gasteiger partial charge in [0, 0.05) is 26.2 Å². The van der Waals surface area contributed by atoms with Gasteiger partial charge in [-0.25, -0.2) is 0 Å². The molecule has 0 amide bonds. The highest BCUT2D eigenvalue weighted by atomic mass is 16.5. The van der Waals surface area contributed by atoms with Crippen molar-refractivity contribution in [3.63, 3.8) is 0 Å². The lowest BCUT2D eigenvalue weighted by atomic mass is 9.68. The summed E-state index contributed by atoms with van der Waals surface area (Å²) in [5.74, 6) is 0.852. The summed E-state index contributed by atoms with van der Waals surface area (Å²) in [5.41, 5.74) is -0.123. The second-order valence-electron chi connectivity index (χ2n) is 7.27. The third kappa shape index (κ3) is 3.82. The van der Waals surface area contributed by atoms with Crippen molar-refractivity contribution in [2.75, 3.05) is 19.8 Å². The lowest BCUT2D eigenvalue weighted by Crippen LogP contribution is -2.47. The van der Waals surface area contributed by atoms with Gasteiger partial charge in [-0.15, -0.1) is 0 Å². The van der Waals surface area contributed by atoms with Crippen molar-refractivity contribution in [2.24, 2.45) is 11.3 Å². The van der Waals surface area contributed by atoms with E-state index < -0.39 is 5.60 Å². The fraction of sp³-hybridized carbons (Fsp3) is 0.941. The molecule has 0 aromatic carbocycles. The molecule has 2 rings (SSSR count). The first-order valence-electron chi connectivity index (χ1n) is 8.22. The van der Waals surface area contributed by atoms with E-state index in [0.717, 1.165) is 51.7 Å². The molecule has 2 aliphatic rings. The maximum Gasteiger partial charge on any atom is 0.164 e. The summed E-state index contributed by atoms with van der Waals surface area (Å²) >= 11 is 0. The first-order chi connectivity index (χ1) is 9.47. The Morgan fingerprint density at radius 1 is 1.15 bits per heavy atom. The molecule has 2 fully saturated rings. The van der Waals surface area contributed by atoms with Crippen LogP contribution in [0.4, 0.5) is 0 Å². The van der Waals surface area contributed by atoms with Crippen molar-refractivity contribution in [1.29, 1.82) is 0 Å². The van der Waals surface area contributed by atoms with Crippen LogP contribution < -0.4 is 0 Å². The molecule has 0 spiro atoms. The van der Waals surface area contributed by atoms with E-state index in [9.17, 15) is 4.79 Å². The number of carbonyl (C=O) groups is 1. The van der Waals surface area contributed by atoms with Gasteiger partial charge in [0.25, 0.3) is 0 Å². The van der Waals surface area contributed by atoms with E-state index in [1.165, 1.54) is 0 Å². The minimum Gasteiger partial charge on any atom is -0.381 e. The Hall–Kier alpha value is -0.410. The molecule has 1 heterocycles. The Kier molecular flexibility index (Phi) is 5.25. The summed E-state index contributed by atoms with van der Waals surface area (Å²) < 4.78 is 11.4. The molecule has 0 bridgehead atoms. The molecule has 0 N–H and O–H groups in total. The van der Waals surface area contributed by atoms with Crippen LogP contribution in [-0.2, 0) is 14.3 Å². The molecule has 116 valence electrons. The summed E-state index contributed by atoms with van der Waals surface area (Å²) in [6.45, 7) is 8.86. The van der Waals surface area contributed by atoms with Gasteiger partial charge in [-0.2, -0.15) is 0 Å². The number of Topliss-reactive ketones (excluding diaryl/α,β-unsaturated/α-hetero) is 1.